The Morgan fingerprint density at radius 2 is 1.64 bits per heavy atom. The molecule has 0 aromatic rings. The van der Waals surface area contributed by atoms with E-state index in [-0.39, 0.29) is 0 Å². The highest BCUT2D eigenvalue weighted by molar-refractivity contribution is 6.06. The average Bonchev–Trinajstić information content (AvgIpc) is 1.82. The first kappa shape index (κ1) is 10.1. The van der Waals surface area contributed by atoms with Crippen molar-refractivity contribution in [2.24, 2.45) is 0 Å². The molecule has 0 saturated carbocycles. The maximum absolute atomic E-state index is 12.0. The Kier molecular flexibility index (Phi) is 2.72. The lowest BCUT2D eigenvalue weighted by Crippen LogP contribution is -2.35. The van der Waals surface area contributed by atoms with E-state index in [1.54, 1.807) is 0 Å². The van der Waals surface area contributed by atoms with Gasteiger partial charge in [-0.1, -0.05) is 0 Å². The summed E-state index contributed by atoms with van der Waals surface area (Å²) in [6, 6.07) is 0. The van der Waals surface area contributed by atoms with Gasteiger partial charge in [-0.3, -0.25) is 9.59 Å². The molecule has 0 bridgehead atoms. The van der Waals surface area contributed by atoms with E-state index < -0.39 is 23.9 Å². The maximum Gasteiger partial charge on any atom is 0.453 e. The van der Waals surface area contributed by atoms with E-state index in [0.717, 1.165) is 0 Å². The zero-order chi connectivity index (χ0) is 9.23. The van der Waals surface area contributed by atoms with Crippen LogP contribution in [0.5, 0.6) is 0 Å². The second-order valence-corrected chi connectivity index (χ2v) is 1.84. The number of Topliss-reactive ketones (excluding diaryl/α,β-unsaturated/α-hetero) is 2. The molecule has 0 saturated heterocycles. The van der Waals surface area contributed by atoms with Crippen LogP contribution in [0.4, 0.5) is 17.6 Å². The Labute approximate surface area is 59.2 Å². The molecule has 0 amide bonds. The molecule has 64 valence electrons. The lowest BCUT2D eigenvalue weighted by Gasteiger charge is -2.05. The van der Waals surface area contributed by atoms with Gasteiger partial charge in [-0.05, 0) is 6.92 Å². The maximum atomic E-state index is 12.0. The van der Waals surface area contributed by atoms with Crippen LogP contribution in [0.2, 0.25) is 0 Å². The van der Waals surface area contributed by atoms with E-state index in [1.165, 1.54) is 0 Å². The standard InChI is InChI=1S/C5H4F4O2/c1-2(10)3(6)4(11)5(7,8)9/h3H,1H3. The van der Waals surface area contributed by atoms with Crippen LogP contribution in [-0.2, 0) is 9.59 Å². The zero-order valence-corrected chi connectivity index (χ0v) is 5.41. The van der Waals surface area contributed by atoms with Crippen LogP contribution in [-0.4, -0.2) is 23.9 Å². The summed E-state index contributed by atoms with van der Waals surface area (Å²) in [6.07, 6.45) is -8.35. The molecule has 0 heterocycles. The summed E-state index contributed by atoms with van der Waals surface area (Å²) in [5, 5.41) is 0. The third-order valence-electron chi connectivity index (χ3n) is 0.866. The minimum Gasteiger partial charge on any atom is -0.296 e. The van der Waals surface area contributed by atoms with Gasteiger partial charge in [0, 0.05) is 0 Å². The summed E-state index contributed by atoms with van der Waals surface area (Å²) in [5.41, 5.74) is 0. The van der Waals surface area contributed by atoms with Gasteiger partial charge in [0.2, 0.25) is 6.17 Å². The molecule has 0 spiro atoms. The molecule has 1 unspecified atom stereocenters. The van der Waals surface area contributed by atoms with Crippen LogP contribution in [0.25, 0.3) is 0 Å². The highest BCUT2D eigenvalue weighted by Crippen LogP contribution is 2.19. The highest BCUT2D eigenvalue weighted by atomic mass is 19.4. The summed E-state index contributed by atoms with van der Waals surface area (Å²) in [7, 11) is 0. The van der Waals surface area contributed by atoms with E-state index in [1.807, 2.05) is 0 Å². The van der Waals surface area contributed by atoms with Crippen molar-refractivity contribution in [1.29, 1.82) is 0 Å². The third kappa shape index (κ3) is 2.65. The molecule has 2 nitrogen and oxygen atoms in total. The second-order valence-electron chi connectivity index (χ2n) is 1.84. The van der Waals surface area contributed by atoms with E-state index in [0.29, 0.717) is 6.92 Å². The van der Waals surface area contributed by atoms with Gasteiger partial charge in [0.15, 0.2) is 5.78 Å². The molecule has 0 aromatic carbocycles. The molecule has 11 heavy (non-hydrogen) atoms. The quantitative estimate of drug-likeness (QED) is 0.460. The molecule has 1 atom stereocenters. The largest absolute Gasteiger partial charge is 0.453 e. The second kappa shape index (κ2) is 2.98. The Morgan fingerprint density at radius 1 is 1.27 bits per heavy atom. The fraction of sp³-hybridized carbons (Fsp3) is 0.600. The van der Waals surface area contributed by atoms with E-state index in [9.17, 15) is 27.2 Å². The van der Waals surface area contributed by atoms with Crippen molar-refractivity contribution < 1.29 is 27.2 Å². The van der Waals surface area contributed by atoms with Gasteiger partial charge in [-0.2, -0.15) is 13.2 Å². The minimum atomic E-state index is -5.27. The molecule has 0 radical (unpaired) electrons. The van der Waals surface area contributed by atoms with E-state index >= 15 is 0 Å². The van der Waals surface area contributed by atoms with Crippen molar-refractivity contribution in [1.82, 2.24) is 0 Å². The van der Waals surface area contributed by atoms with Gasteiger partial charge in [0.1, 0.15) is 0 Å². The first-order valence-corrected chi connectivity index (χ1v) is 2.52. The molecule has 0 aliphatic carbocycles. The summed E-state index contributed by atoms with van der Waals surface area (Å²) in [6.45, 7) is 0.578. The van der Waals surface area contributed by atoms with E-state index in [4.69, 9.17) is 0 Å². The van der Waals surface area contributed by atoms with Crippen molar-refractivity contribution in [2.75, 3.05) is 0 Å². The molecule has 0 N–H and O–H groups in total. The van der Waals surface area contributed by atoms with Crippen LogP contribution in [0, 0.1) is 0 Å². The molecular formula is C5H4F4O2. The molecule has 0 aliphatic heterocycles. The van der Waals surface area contributed by atoms with Crippen LogP contribution in [0.15, 0.2) is 0 Å². The molecule has 0 rings (SSSR count). The Bertz CT molecular complexity index is 183. The molecule has 0 fully saturated rings. The Morgan fingerprint density at radius 3 is 1.73 bits per heavy atom. The first-order chi connectivity index (χ1) is 4.76. The molecule has 0 aromatic heterocycles. The number of alkyl halides is 4. The van der Waals surface area contributed by atoms with Gasteiger partial charge in [-0.25, -0.2) is 4.39 Å². The highest BCUT2D eigenvalue weighted by Gasteiger charge is 2.45. The van der Waals surface area contributed by atoms with Crippen molar-refractivity contribution in [3.63, 3.8) is 0 Å². The third-order valence-corrected chi connectivity index (χ3v) is 0.866. The number of rotatable bonds is 2. The van der Waals surface area contributed by atoms with Crippen LogP contribution < -0.4 is 0 Å². The van der Waals surface area contributed by atoms with Crippen LogP contribution >= 0.6 is 0 Å². The van der Waals surface area contributed by atoms with Crippen molar-refractivity contribution in [2.45, 2.75) is 19.3 Å². The topological polar surface area (TPSA) is 34.1 Å². The molecular weight excluding hydrogens is 168 g/mol. The number of carbonyl (C=O) groups is 2. The van der Waals surface area contributed by atoms with Gasteiger partial charge in [-0.15, -0.1) is 0 Å². The predicted molar refractivity (Wildman–Crippen MR) is 26.6 cm³/mol. The lowest BCUT2D eigenvalue weighted by molar-refractivity contribution is -0.177. The summed E-state index contributed by atoms with van der Waals surface area (Å²) in [4.78, 5) is 19.8. The van der Waals surface area contributed by atoms with Crippen LogP contribution in [0.1, 0.15) is 6.92 Å². The number of hydrogen-bond acceptors (Lipinski definition) is 2. The average molecular weight is 172 g/mol. The van der Waals surface area contributed by atoms with Crippen molar-refractivity contribution in [3.05, 3.63) is 0 Å². The Hall–Kier alpha value is -0.940. The van der Waals surface area contributed by atoms with E-state index in [2.05, 4.69) is 0 Å². The number of carbonyl (C=O) groups excluding carboxylic acids is 2. The monoisotopic (exact) mass is 172 g/mol. The smallest absolute Gasteiger partial charge is 0.296 e. The number of hydrogen-bond donors (Lipinski definition) is 0. The summed E-state index contributed by atoms with van der Waals surface area (Å²) < 4.78 is 46.0. The fourth-order valence-electron chi connectivity index (χ4n) is 0.328. The van der Waals surface area contributed by atoms with Crippen molar-refractivity contribution >= 4 is 11.6 Å². The SMILES string of the molecule is CC(=O)C(F)C(=O)C(F)(F)F. The molecule has 0 aliphatic rings. The zero-order valence-electron chi connectivity index (χ0n) is 5.41. The van der Waals surface area contributed by atoms with Gasteiger partial charge >= 0.3 is 6.18 Å². The normalized spacial score (nSPS) is 14.3. The van der Waals surface area contributed by atoms with Crippen LogP contribution in [0.3, 0.4) is 0 Å². The fourth-order valence-corrected chi connectivity index (χ4v) is 0.328. The van der Waals surface area contributed by atoms with Gasteiger partial charge < -0.3 is 0 Å². The number of ketones is 2. The van der Waals surface area contributed by atoms with Gasteiger partial charge in [0.05, 0.1) is 0 Å². The first-order valence-electron chi connectivity index (χ1n) is 2.52. The summed E-state index contributed by atoms with van der Waals surface area (Å²) >= 11 is 0. The predicted octanol–water partition coefficient (Wildman–Crippen LogP) is 1.04. The van der Waals surface area contributed by atoms with Crippen molar-refractivity contribution in [3.8, 4) is 0 Å². The number of halogens is 4. The molecule has 6 heteroatoms. The Balaban J connectivity index is 4.39. The lowest BCUT2D eigenvalue weighted by atomic mass is 10.2. The van der Waals surface area contributed by atoms with Gasteiger partial charge in [0.25, 0.3) is 5.78 Å². The summed E-state index contributed by atoms with van der Waals surface area (Å²) in [5.74, 6) is -4.09. The minimum absolute atomic E-state index is 0.578.